The molecule has 0 unspecified atom stereocenters. The summed E-state index contributed by atoms with van der Waals surface area (Å²) in [7, 11) is 0. The van der Waals surface area contributed by atoms with Crippen molar-refractivity contribution in [2.24, 2.45) is 0 Å². The molecular weight excluding hydrogens is 366 g/mol. The molecule has 0 bridgehead atoms. The number of aromatic nitrogens is 3. The Bertz CT molecular complexity index is 1130. The summed E-state index contributed by atoms with van der Waals surface area (Å²) in [6.07, 6.45) is 5.58. The van der Waals surface area contributed by atoms with Gasteiger partial charge in [0.1, 0.15) is 11.3 Å². The molecule has 2 fully saturated rings. The first-order valence-corrected chi connectivity index (χ1v) is 10.1. The summed E-state index contributed by atoms with van der Waals surface area (Å²) in [5.41, 5.74) is 3.33. The Labute approximate surface area is 168 Å². The number of nitriles is 1. The largest absolute Gasteiger partial charge is 0.381 e. The maximum absolute atomic E-state index is 12.5. The molecule has 3 aromatic rings. The Morgan fingerprint density at radius 2 is 2.07 bits per heavy atom. The zero-order valence-corrected chi connectivity index (χ0v) is 16.2. The van der Waals surface area contributed by atoms with Gasteiger partial charge in [-0.2, -0.15) is 5.26 Å². The normalized spacial score (nSPS) is 18.6. The highest BCUT2D eigenvalue weighted by Crippen LogP contribution is 2.29. The minimum Gasteiger partial charge on any atom is -0.381 e. The van der Waals surface area contributed by atoms with Crippen molar-refractivity contribution >= 4 is 5.52 Å². The summed E-state index contributed by atoms with van der Waals surface area (Å²) < 4.78 is 7.43. The number of hydrogen-bond acceptors (Lipinski definition) is 5. The smallest absolute Gasteiger partial charge is 0.274 e. The molecule has 7 nitrogen and oxygen atoms in total. The number of nitrogens with one attached hydrogen (secondary N) is 1. The predicted molar refractivity (Wildman–Crippen MR) is 108 cm³/mol. The lowest BCUT2D eigenvalue weighted by Gasteiger charge is -2.39. The van der Waals surface area contributed by atoms with Gasteiger partial charge in [0.05, 0.1) is 17.8 Å². The van der Waals surface area contributed by atoms with Crippen molar-refractivity contribution in [2.45, 2.75) is 31.2 Å². The molecule has 29 heavy (non-hydrogen) atoms. The first-order chi connectivity index (χ1) is 14.2. The molecule has 0 atom stereocenters. The van der Waals surface area contributed by atoms with Crippen molar-refractivity contribution in [3.8, 4) is 6.07 Å². The quantitative estimate of drug-likeness (QED) is 0.740. The number of ether oxygens (including phenoxy) is 1. The van der Waals surface area contributed by atoms with E-state index in [1.54, 1.807) is 6.20 Å². The van der Waals surface area contributed by atoms with E-state index in [-0.39, 0.29) is 5.56 Å². The minimum atomic E-state index is -0.0906. The summed E-state index contributed by atoms with van der Waals surface area (Å²) in [5.74, 6) is 1.73. The topological polar surface area (TPSA) is 86.4 Å². The van der Waals surface area contributed by atoms with Crippen LogP contribution < -0.4 is 5.56 Å². The van der Waals surface area contributed by atoms with Gasteiger partial charge >= 0.3 is 0 Å². The number of likely N-dealkylation sites (tertiary alicyclic amines) is 1. The van der Waals surface area contributed by atoms with E-state index in [1.165, 1.54) is 5.56 Å². The third-order valence-corrected chi connectivity index (χ3v) is 6.04. The van der Waals surface area contributed by atoms with Gasteiger partial charge in [-0.05, 0) is 30.5 Å². The molecule has 0 spiro atoms. The number of aromatic amines is 1. The highest BCUT2D eigenvalue weighted by Gasteiger charge is 2.29. The molecule has 0 amide bonds. The van der Waals surface area contributed by atoms with E-state index >= 15 is 0 Å². The summed E-state index contributed by atoms with van der Waals surface area (Å²) in [5, 5.41) is 9.08. The molecule has 0 radical (unpaired) electrons. The second-order valence-corrected chi connectivity index (χ2v) is 8.00. The van der Waals surface area contributed by atoms with Crippen LogP contribution in [0.4, 0.5) is 0 Å². The average molecular weight is 389 g/mol. The summed E-state index contributed by atoms with van der Waals surface area (Å²) >= 11 is 0. The van der Waals surface area contributed by atoms with E-state index in [0.717, 1.165) is 50.7 Å². The van der Waals surface area contributed by atoms with Crippen molar-refractivity contribution in [2.75, 3.05) is 26.3 Å². The monoisotopic (exact) mass is 389 g/mol. The van der Waals surface area contributed by atoms with Gasteiger partial charge in [0.2, 0.25) is 0 Å². The Morgan fingerprint density at radius 3 is 2.86 bits per heavy atom. The highest BCUT2D eigenvalue weighted by molar-refractivity contribution is 5.44. The van der Waals surface area contributed by atoms with E-state index in [1.807, 2.05) is 28.8 Å². The van der Waals surface area contributed by atoms with Crippen LogP contribution in [0.15, 0.2) is 41.5 Å². The van der Waals surface area contributed by atoms with Crippen molar-refractivity contribution in [1.29, 1.82) is 5.26 Å². The summed E-state index contributed by atoms with van der Waals surface area (Å²) in [4.78, 5) is 22.4. The van der Waals surface area contributed by atoms with Crippen molar-refractivity contribution in [1.82, 2.24) is 19.3 Å². The second-order valence-electron chi connectivity index (χ2n) is 8.00. The first-order valence-electron chi connectivity index (χ1n) is 10.1. The summed E-state index contributed by atoms with van der Waals surface area (Å²) in [6.45, 7) is 4.04. The zero-order valence-electron chi connectivity index (χ0n) is 16.2. The molecular formula is C22H23N5O2. The maximum atomic E-state index is 12.5. The SMILES string of the molecule is N#Cc1cccc(C2CN(Cc3cn4c(C5CCOCC5)ncc4c(=O)[nH]3)C2)c1. The molecule has 2 aliphatic heterocycles. The minimum absolute atomic E-state index is 0.0906. The fourth-order valence-electron chi connectivity index (χ4n) is 4.43. The van der Waals surface area contributed by atoms with Crippen LogP contribution in [-0.2, 0) is 11.3 Å². The Morgan fingerprint density at radius 1 is 1.24 bits per heavy atom. The number of imidazole rings is 1. The van der Waals surface area contributed by atoms with E-state index in [2.05, 4.69) is 27.0 Å². The van der Waals surface area contributed by atoms with Crippen LogP contribution in [0.3, 0.4) is 0 Å². The molecule has 1 aromatic carbocycles. The van der Waals surface area contributed by atoms with Gasteiger partial charge in [0.15, 0.2) is 0 Å². The lowest BCUT2D eigenvalue weighted by atomic mass is 9.90. The van der Waals surface area contributed by atoms with Gasteiger partial charge in [0.25, 0.3) is 5.56 Å². The molecule has 7 heteroatoms. The van der Waals surface area contributed by atoms with Gasteiger partial charge < -0.3 is 9.72 Å². The van der Waals surface area contributed by atoms with Crippen molar-refractivity contribution in [3.05, 3.63) is 69.7 Å². The van der Waals surface area contributed by atoms with Crippen LogP contribution in [0.2, 0.25) is 0 Å². The van der Waals surface area contributed by atoms with Crippen molar-refractivity contribution < 1.29 is 4.74 Å². The second kappa shape index (κ2) is 7.47. The number of H-pyrrole nitrogens is 1. The van der Waals surface area contributed by atoms with Crippen LogP contribution in [0, 0.1) is 11.3 Å². The van der Waals surface area contributed by atoms with Crippen LogP contribution in [0.25, 0.3) is 5.52 Å². The molecule has 1 N–H and O–H groups in total. The average Bonchev–Trinajstić information content (AvgIpc) is 3.15. The standard InChI is InChI=1S/C22H23N5O2/c23-9-15-2-1-3-17(8-15)18-11-26(12-18)13-19-14-27-20(22(28)25-19)10-24-21(27)16-4-6-29-7-5-16/h1-3,8,10,14,16,18H,4-7,11-13H2,(H,25,28). The number of fused-ring (bicyclic) bond motifs is 1. The van der Waals surface area contributed by atoms with Gasteiger partial charge in [-0.3, -0.25) is 14.1 Å². The maximum Gasteiger partial charge on any atom is 0.274 e. The Kier molecular flexibility index (Phi) is 4.66. The van der Waals surface area contributed by atoms with Gasteiger partial charge in [0, 0.05) is 56.6 Å². The number of hydrogen-bond donors (Lipinski definition) is 1. The van der Waals surface area contributed by atoms with E-state index in [4.69, 9.17) is 10.00 Å². The van der Waals surface area contributed by atoms with Crippen LogP contribution in [0.5, 0.6) is 0 Å². The van der Waals surface area contributed by atoms with E-state index in [0.29, 0.717) is 29.5 Å². The van der Waals surface area contributed by atoms with E-state index in [9.17, 15) is 4.79 Å². The summed E-state index contributed by atoms with van der Waals surface area (Å²) in [6, 6.07) is 10.0. The van der Waals surface area contributed by atoms with Crippen molar-refractivity contribution in [3.63, 3.8) is 0 Å². The van der Waals surface area contributed by atoms with Gasteiger partial charge in [-0.25, -0.2) is 4.98 Å². The van der Waals surface area contributed by atoms with Gasteiger partial charge in [-0.1, -0.05) is 12.1 Å². The van der Waals surface area contributed by atoms with E-state index < -0.39 is 0 Å². The molecule has 0 aliphatic carbocycles. The zero-order chi connectivity index (χ0) is 19.8. The molecule has 5 rings (SSSR count). The first kappa shape index (κ1) is 18.1. The molecule has 4 heterocycles. The van der Waals surface area contributed by atoms with Crippen LogP contribution >= 0.6 is 0 Å². The lowest BCUT2D eigenvalue weighted by Crippen LogP contribution is -2.44. The van der Waals surface area contributed by atoms with Crippen LogP contribution in [0.1, 0.15) is 47.3 Å². The Balaban J connectivity index is 1.32. The number of rotatable bonds is 4. The molecule has 148 valence electrons. The highest BCUT2D eigenvalue weighted by atomic mass is 16.5. The molecule has 2 aliphatic rings. The van der Waals surface area contributed by atoms with Crippen LogP contribution in [-0.4, -0.2) is 45.6 Å². The fraction of sp³-hybridized carbons (Fsp3) is 0.409. The lowest BCUT2D eigenvalue weighted by molar-refractivity contribution is 0.0834. The number of benzene rings is 1. The third-order valence-electron chi connectivity index (χ3n) is 6.04. The third kappa shape index (κ3) is 3.46. The predicted octanol–water partition coefficient (Wildman–Crippen LogP) is 2.39. The Hall–Kier alpha value is -2.95. The number of nitrogens with zero attached hydrogens (tertiary/aromatic N) is 4. The molecule has 0 saturated carbocycles. The molecule has 2 aromatic heterocycles. The van der Waals surface area contributed by atoms with Gasteiger partial charge in [-0.15, -0.1) is 0 Å². The fourth-order valence-corrected chi connectivity index (χ4v) is 4.43. The molecule has 2 saturated heterocycles.